The number of rotatable bonds is 3. The number of halogens is 4. The summed E-state index contributed by atoms with van der Waals surface area (Å²) >= 11 is 0. The lowest BCUT2D eigenvalue weighted by atomic mass is 10.00. The van der Waals surface area contributed by atoms with Gasteiger partial charge in [0.1, 0.15) is 5.82 Å². The SMILES string of the molecule is Fc1ccc(C2=CCN(N3CCN(CC(F)(F)F)CC3)CC2)cc1. The van der Waals surface area contributed by atoms with Crippen LogP contribution in [0.25, 0.3) is 5.57 Å². The first-order valence-electron chi connectivity index (χ1n) is 8.14. The van der Waals surface area contributed by atoms with Gasteiger partial charge in [-0.15, -0.1) is 0 Å². The minimum Gasteiger partial charge on any atom is -0.292 e. The molecule has 0 atom stereocenters. The smallest absolute Gasteiger partial charge is 0.292 e. The summed E-state index contributed by atoms with van der Waals surface area (Å²) in [5.74, 6) is -0.242. The Morgan fingerprint density at radius 1 is 0.875 bits per heavy atom. The fourth-order valence-electron chi connectivity index (χ4n) is 3.27. The van der Waals surface area contributed by atoms with Gasteiger partial charge >= 0.3 is 6.18 Å². The summed E-state index contributed by atoms with van der Waals surface area (Å²) in [4.78, 5) is 1.46. The van der Waals surface area contributed by atoms with E-state index >= 15 is 0 Å². The van der Waals surface area contributed by atoms with Crippen molar-refractivity contribution in [3.05, 3.63) is 41.7 Å². The maximum Gasteiger partial charge on any atom is 0.401 e. The van der Waals surface area contributed by atoms with E-state index in [-0.39, 0.29) is 5.82 Å². The van der Waals surface area contributed by atoms with Gasteiger partial charge in [0.05, 0.1) is 6.54 Å². The highest BCUT2D eigenvalue weighted by Crippen LogP contribution is 2.24. The molecule has 3 rings (SSSR count). The summed E-state index contributed by atoms with van der Waals surface area (Å²) < 4.78 is 50.3. The first-order chi connectivity index (χ1) is 11.4. The lowest BCUT2D eigenvalue weighted by molar-refractivity contribution is -0.155. The predicted molar refractivity (Wildman–Crippen MR) is 84.6 cm³/mol. The summed E-state index contributed by atoms with van der Waals surface area (Å²) in [6.07, 6.45) is -1.15. The van der Waals surface area contributed by atoms with Crippen LogP contribution in [0.3, 0.4) is 0 Å². The second-order valence-corrected chi connectivity index (χ2v) is 6.24. The number of nitrogens with zero attached hydrogens (tertiary/aromatic N) is 3. The molecule has 7 heteroatoms. The van der Waals surface area contributed by atoms with Crippen LogP contribution in [0.2, 0.25) is 0 Å². The molecule has 3 nitrogen and oxygen atoms in total. The number of hydrazine groups is 1. The third-order valence-corrected chi connectivity index (χ3v) is 4.55. The maximum atomic E-state index is 13.0. The molecule has 24 heavy (non-hydrogen) atoms. The molecule has 0 bridgehead atoms. The molecule has 2 aliphatic heterocycles. The molecule has 0 aliphatic carbocycles. The van der Waals surface area contributed by atoms with E-state index in [4.69, 9.17) is 0 Å². The van der Waals surface area contributed by atoms with E-state index in [0.29, 0.717) is 26.2 Å². The van der Waals surface area contributed by atoms with Gasteiger partial charge in [0.2, 0.25) is 0 Å². The van der Waals surface area contributed by atoms with Crippen LogP contribution in [0.15, 0.2) is 30.3 Å². The van der Waals surface area contributed by atoms with Gasteiger partial charge in [-0.2, -0.15) is 13.2 Å². The molecular formula is C17H21F4N3. The van der Waals surface area contributed by atoms with Crippen LogP contribution in [-0.4, -0.2) is 66.9 Å². The molecule has 132 valence electrons. The molecule has 0 unspecified atom stereocenters. The molecule has 2 aliphatic rings. The zero-order valence-corrected chi connectivity index (χ0v) is 13.4. The zero-order valence-electron chi connectivity index (χ0n) is 13.4. The number of hydrogen-bond donors (Lipinski definition) is 0. The van der Waals surface area contributed by atoms with Gasteiger partial charge in [-0.25, -0.2) is 14.4 Å². The largest absolute Gasteiger partial charge is 0.401 e. The Morgan fingerprint density at radius 3 is 2.08 bits per heavy atom. The van der Waals surface area contributed by atoms with Crippen molar-refractivity contribution in [2.75, 3.05) is 45.8 Å². The fourth-order valence-corrected chi connectivity index (χ4v) is 3.27. The van der Waals surface area contributed by atoms with Crippen molar-refractivity contribution in [2.24, 2.45) is 0 Å². The van der Waals surface area contributed by atoms with Crippen molar-refractivity contribution in [3.63, 3.8) is 0 Å². The van der Waals surface area contributed by atoms with Crippen LogP contribution in [0, 0.1) is 5.82 Å². The van der Waals surface area contributed by atoms with Gasteiger partial charge in [0.25, 0.3) is 0 Å². The average molecular weight is 343 g/mol. The van der Waals surface area contributed by atoms with E-state index in [1.807, 2.05) is 0 Å². The van der Waals surface area contributed by atoms with Crippen molar-refractivity contribution < 1.29 is 17.6 Å². The lowest BCUT2D eigenvalue weighted by Crippen LogP contribution is -2.55. The van der Waals surface area contributed by atoms with Gasteiger partial charge < -0.3 is 0 Å². The standard InChI is InChI=1S/C17H21F4N3/c18-16-3-1-14(2-4-16)15-5-7-23(8-6-15)24-11-9-22(10-12-24)13-17(19,20)21/h1-5H,6-13H2. The van der Waals surface area contributed by atoms with Crippen molar-refractivity contribution in [1.29, 1.82) is 0 Å². The predicted octanol–water partition coefficient (Wildman–Crippen LogP) is 3.01. The lowest BCUT2D eigenvalue weighted by Gasteiger charge is -2.42. The molecule has 2 heterocycles. The molecule has 0 spiro atoms. The van der Waals surface area contributed by atoms with E-state index in [1.165, 1.54) is 22.6 Å². The molecule has 0 amide bonds. The molecule has 0 N–H and O–H groups in total. The summed E-state index contributed by atoms with van der Waals surface area (Å²) in [5, 5.41) is 4.34. The van der Waals surface area contributed by atoms with Gasteiger partial charge in [-0.1, -0.05) is 18.2 Å². The molecule has 1 aromatic rings. The van der Waals surface area contributed by atoms with Crippen LogP contribution < -0.4 is 0 Å². The average Bonchev–Trinajstić information content (AvgIpc) is 2.55. The Bertz CT molecular complexity index is 574. The van der Waals surface area contributed by atoms with Crippen molar-refractivity contribution in [1.82, 2.24) is 14.9 Å². The first kappa shape index (κ1) is 17.4. The highest BCUT2D eigenvalue weighted by atomic mass is 19.4. The Hall–Kier alpha value is -1.44. The van der Waals surface area contributed by atoms with Gasteiger partial charge in [-0.3, -0.25) is 4.90 Å². The second kappa shape index (κ2) is 7.21. The van der Waals surface area contributed by atoms with Crippen LogP contribution in [0.4, 0.5) is 17.6 Å². The summed E-state index contributed by atoms with van der Waals surface area (Å²) in [6.45, 7) is 2.87. The van der Waals surface area contributed by atoms with Gasteiger partial charge in [0.15, 0.2) is 0 Å². The normalized spacial score (nSPS) is 21.8. The molecule has 1 aromatic carbocycles. The van der Waals surface area contributed by atoms with Crippen molar-refractivity contribution in [3.8, 4) is 0 Å². The van der Waals surface area contributed by atoms with Gasteiger partial charge in [0, 0.05) is 39.3 Å². The van der Waals surface area contributed by atoms with Crippen LogP contribution in [0.1, 0.15) is 12.0 Å². The third kappa shape index (κ3) is 4.55. The highest BCUT2D eigenvalue weighted by Gasteiger charge is 2.33. The monoisotopic (exact) mass is 343 g/mol. The molecular weight excluding hydrogens is 322 g/mol. The number of hydrogen-bond acceptors (Lipinski definition) is 3. The number of piperazine rings is 1. The van der Waals surface area contributed by atoms with E-state index in [1.54, 1.807) is 12.1 Å². The topological polar surface area (TPSA) is 9.72 Å². The number of alkyl halides is 3. The minimum absolute atomic E-state index is 0.242. The third-order valence-electron chi connectivity index (χ3n) is 4.55. The fraction of sp³-hybridized carbons (Fsp3) is 0.529. The summed E-state index contributed by atoms with van der Waals surface area (Å²) in [6, 6.07) is 6.49. The first-order valence-corrected chi connectivity index (χ1v) is 8.14. The van der Waals surface area contributed by atoms with E-state index in [9.17, 15) is 17.6 Å². The van der Waals surface area contributed by atoms with Crippen LogP contribution >= 0.6 is 0 Å². The highest BCUT2D eigenvalue weighted by molar-refractivity contribution is 5.66. The van der Waals surface area contributed by atoms with E-state index in [0.717, 1.165) is 25.1 Å². The summed E-state index contributed by atoms with van der Waals surface area (Å²) in [5.41, 5.74) is 2.23. The van der Waals surface area contributed by atoms with Crippen molar-refractivity contribution >= 4 is 5.57 Å². The molecule has 0 aromatic heterocycles. The molecule has 1 fully saturated rings. The molecule has 0 radical (unpaired) electrons. The Labute approximate surface area is 139 Å². The van der Waals surface area contributed by atoms with Crippen LogP contribution in [0.5, 0.6) is 0 Å². The summed E-state index contributed by atoms with van der Waals surface area (Å²) in [7, 11) is 0. The Kier molecular flexibility index (Phi) is 5.22. The van der Waals surface area contributed by atoms with E-state index < -0.39 is 12.7 Å². The number of benzene rings is 1. The molecule has 1 saturated heterocycles. The van der Waals surface area contributed by atoms with E-state index in [2.05, 4.69) is 16.1 Å². The maximum absolute atomic E-state index is 13.0. The minimum atomic E-state index is -4.12. The van der Waals surface area contributed by atoms with Crippen LogP contribution in [-0.2, 0) is 0 Å². The Balaban J connectivity index is 1.51. The zero-order chi connectivity index (χ0) is 17.2. The van der Waals surface area contributed by atoms with Crippen molar-refractivity contribution in [2.45, 2.75) is 12.6 Å². The Morgan fingerprint density at radius 2 is 1.54 bits per heavy atom. The molecule has 0 saturated carbocycles. The van der Waals surface area contributed by atoms with Gasteiger partial charge in [-0.05, 0) is 29.7 Å². The second-order valence-electron chi connectivity index (χ2n) is 6.24. The quantitative estimate of drug-likeness (QED) is 0.781.